The Balaban J connectivity index is 1.54. The van der Waals surface area contributed by atoms with E-state index in [2.05, 4.69) is 10.0 Å². The number of halogens is 4. The number of hydrogen-bond acceptors (Lipinski definition) is 4. The summed E-state index contributed by atoms with van der Waals surface area (Å²) in [6.45, 7) is 1.17. The van der Waals surface area contributed by atoms with Crippen LogP contribution in [0.4, 0.5) is 18.9 Å². The molecule has 4 nitrogen and oxygen atoms in total. The van der Waals surface area contributed by atoms with Gasteiger partial charge in [-0.1, -0.05) is 0 Å². The van der Waals surface area contributed by atoms with Crippen molar-refractivity contribution in [2.75, 3.05) is 17.9 Å². The molecular weight excluding hydrogens is 377 g/mol. The van der Waals surface area contributed by atoms with Gasteiger partial charge in [-0.05, 0) is 49.4 Å². The van der Waals surface area contributed by atoms with Crippen LogP contribution in [0.15, 0.2) is 18.2 Å². The molecule has 1 aliphatic heterocycles. The van der Waals surface area contributed by atoms with Gasteiger partial charge in [0.2, 0.25) is 0 Å². The van der Waals surface area contributed by atoms with E-state index in [1.54, 1.807) is 0 Å². The average molecular weight is 393 g/mol. The zero-order chi connectivity index (χ0) is 17.9. The van der Waals surface area contributed by atoms with Gasteiger partial charge in [0, 0.05) is 5.54 Å². The molecule has 4 fully saturated rings. The zero-order valence-electron chi connectivity index (χ0n) is 13.1. The molecule has 1 aromatic rings. The fourth-order valence-corrected chi connectivity index (χ4v) is 5.10. The van der Waals surface area contributed by atoms with Crippen LogP contribution in [0.2, 0.25) is 0 Å². The van der Waals surface area contributed by atoms with Crippen molar-refractivity contribution in [1.29, 1.82) is 0 Å². The van der Waals surface area contributed by atoms with Gasteiger partial charge in [-0.2, -0.15) is 13.2 Å². The van der Waals surface area contributed by atoms with Crippen molar-refractivity contribution in [2.24, 2.45) is 0 Å². The summed E-state index contributed by atoms with van der Waals surface area (Å²) in [6, 6.07) is 3.18. The number of alkyl halides is 4. The molecule has 1 saturated heterocycles. The summed E-state index contributed by atoms with van der Waals surface area (Å²) in [5, 5.41) is 3.10. The van der Waals surface area contributed by atoms with E-state index in [-0.39, 0.29) is 21.2 Å². The highest BCUT2D eigenvalue weighted by atomic mass is 35.5. The summed E-state index contributed by atoms with van der Waals surface area (Å²) >= 11 is 7.54. The lowest BCUT2D eigenvalue weighted by molar-refractivity contribution is -0.137. The number of benzene rings is 1. The van der Waals surface area contributed by atoms with Gasteiger partial charge in [0.05, 0.1) is 40.2 Å². The number of rotatable bonds is 5. The topological polar surface area (TPSA) is 50.4 Å². The molecule has 25 heavy (non-hydrogen) atoms. The molecular formula is C16H16ClF3N2O2S. The predicted octanol–water partition coefficient (Wildman–Crippen LogP) is 3.81. The molecule has 1 aromatic carbocycles. The maximum Gasteiger partial charge on any atom is 0.416 e. The Hall–Kier alpha value is -1.12. The summed E-state index contributed by atoms with van der Waals surface area (Å²) in [6.07, 6.45) is -2.49. The van der Waals surface area contributed by atoms with Gasteiger partial charge < -0.3 is 14.8 Å². The highest BCUT2D eigenvalue weighted by molar-refractivity contribution is 8.01. The first-order valence-electron chi connectivity index (χ1n) is 7.90. The molecule has 1 heterocycles. The number of amides is 1. The minimum Gasteiger partial charge on any atom is -0.379 e. The van der Waals surface area contributed by atoms with Crippen molar-refractivity contribution in [3.05, 3.63) is 29.3 Å². The van der Waals surface area contributed by atoms with E-state index in [1.807, 2.05) is 0 Å². The SMILES string of the molecule is O=C(NC12CC(Cl)(C1)C2)c1cc(C(F)(F)F)ccc1NSC1COC1. The van der Waals surface area contributed by atoms with Gasteiger partial charge in [0.25, 0.3) is 5.91 Å². The third-order valence-electron chi connectivity index (χ3n) is 4.88. The molecule has 3 saturated carbocycles. The Morgan fingerprint density at radius 1 is 1.28 bits per heavy atom. The van der Waals surface area contributed by atoms with Crippen LogP contribution in [0.25, 0.3) is 0 Å². The molecule has 0 atom stereocenters. The van der Waals surface area contributed by atoms with Gasteiger partial charge in [-0.3, -0.25) is 4.79 Å². The fraction of sp³-hybridized carbons (Fsp3) is 0.562. The number of anilines is 1. The van der Waals surface area contributed by atoms with Gasteiger partial charge in [-0.25, -0.2) is 0 Å². The van der Waals surface area contributed by atoms with Crippen molar-refractivity contribution in [1.82, 2.24) is 5.32 Å². The minimum absolute atomic E-state index is 0.00378. The molecule has 5 rings (SSSR count). The summed E-state index contributed by atoms with van der Waals surface area (Å²) in [4.78, 5) is 12.4. The lowest BCUT2D eigenvalue weighted by Crippen LogP contribution is -2.76. The number of carbonyl (C=O) groups is 1. The van der Waals surface area contributed by atoms with Crippen molar-refractivity contribution >= 4 is 35.1 Å². The summed E-state index contributed by atoms with van der Waals surface area (Å²) < 4.78 is 47.1. The largest absolute Gasteiger partial charge is 0.416 e. The first-order valence-corrected chi connectivity index (χ1v) is 9.16. The van der Waals surface area contributed by atoms with Gasteiger partial charge >= 0.3 is 6.18 Å². The molecule has 0 spiro atoms. The molecule has 9 heteroatoms. The third-order valence-corrected chi connectivity index (χ3v) is 6.22. The van der Waals surface area contributed by atoms with Crippen LogP contribution < -0.4 is 10.0 Å². The van der Waals surface area contributed by atoms with Gasteiger partial charge in [0.15, 0.2) is 0 Å². The number of hydrogen-bond donors (Lipinski definition) is 2. The van der Waals surface area contributed by atoms with Crippen LogP contribution in [-0.4, -0.2) is 34.8 Å². The predicted molar refractivity (Wildman–Crippen MR) is 89.9 cm³/mol. The molecule has 2 N–H and O–H groups in total. The zero-order valence-corrected chi connectivity index (χ0v) is 14.7. The van der Waals surface area contributed by atoms with Crippen molar-refractivity contribution in [3.63, 3.8) is 0 Å². The first-order chi connectivity index (χ1) is 11.7. The van der Waals surface area contributed by atoms with E-state index in [0.29, 0.717) is 38.2 Å². The maximum atomic E-state index is 13.0. The van der Waals surface area contributed by atoms with E-state index in [9.17, 15) is 18.0 Å². The second-order valence-electron chi connectivity index (χ2n) is 7.05. The van der Waals surface area contributed by atoms with Crippen LogP contribution >= 0.6 is 23.5 Å². The second kappa shape index (κ2) is 5.69. The van der Waals surface area contributed by atoms with Crippen molar-refractivity contribution in [3.8, 4) is 0 Å². The van der Waals surface area contributed by atoms with Gasteiger partial charge in [0.1, 0.15) is 0 Å². The van der Waals surface area contributed by atoms with Crippen LogP contribution in [-0.2, 0) is 10.9 Å². The first kappa shape index (κ1) is 17.3. The Labute approximate surface area is 151 Å². The Bertz CT molecular complexity index is 704. The molecule has 136 valence electrons. The number of carbonyl (C=O) groups excluding carboxylic acids is 1. The molecule has 2 bridgehead atoms. The van der Waals surface area contributed by atoms with E-state index >= 15 is 0 Å². The molecule has 0 unspecified atom stereocenters. The lowest BCUT2D eigenvalue weighted by atomic mass is 9.49. The van der Waals surface area contributed by atoms with E-state index in [0.717, 1.165) is 12.1 Å². The van der Waals surface area contributed by atoms with Crippen molar-refractivity contribution < 1.29 is 22.7 Å². The smallest absolute Gasteiger partial charge is 0.379 e. The molecule has 3 aliphatic carbocycles. The highest BCUT2D eigenvalue weighted by Crippen LogP contribution is 2.64. The quantitative estimate of drug-likeness (QED) is 0.591. The Morgan fingerprint density at radius 2 is 1.96 bits per heavy atom. The van der Waals surface area contributed by atoms with E-state index in [1.165, 1.54) is 18.0 Å². The highest BCUT2D eigenvalue weighted by Gasteiger charge is 2.68. The molecule has 0 radical (unpaired) electrons. The monoisotopic (exact) mass is 392 g/mol. The second-order valence-corrected chi connectivity index (χ2v) is 8.96. The van der Waals surface area contributed by atoms with Crippen LogP contribution in [0.5, 0.6) is 0 Å². The maximum absolute atomic E-state index is 13.0. The fourth-order valence-electron chi connectivity index (χ4n) is 3.53. The van der Waals surface area contributed by atoms with Crippen LogP contribution in [0, 0.1) is 0 Å². The average Bonchev–Trinajstić information content (AvgIpc) is 2.41. The molecule has 4 aliphatic rings. The van der Waals surface area contributed by atoms with Crippen LogP contribution in [0.1, 0.15) is 35.2 Å². The van der Waals surface area contributed by atoms with E-state index < -0.39 is 17.6 Å². The summed E-state index contributed by atoms with van der Waals surface area (Å²) in [5.74, 6) is -0.502. The van der Waals surface area contributed by atoms with E-state index in [4.69, 9.17) is 16.3 Å². The lowest BCUT2D eigenvalue weighted by Gasteiger charge is -2.67. The standard InChI is InChI=1S/C16H16ClF3N2O2S/c17-14-6-15(7-14,8-14)21-13(23)11-3-9(16(18,19)20)1-2-12(11)22-25-10-4-24-5-10/h1-3,10,22H,4-8H2,(H,21,23). The molecule has 1 amide bonds. The summed E-state index contributed by atoms with van der Waals surface area (Å²) in [7, 11) is 0. The Kier molecular flexibility index (Phi) is 3.94. The minimum atomic E-state index is -4.50. The number of ether oxygens (including phenoxy) is 1. The molecule has 0 aromatic heterocycles. The normalized spacial score (nSPS) is 30.7. The van der Waals surface area contributed by atoms with Gasteiger partial charge in [-0.15, -0.1) is 11.6 Å². The Morgan fingerprint density at radius 3 is 2.48 bits per heavy atom. The summed E-state index contributed by atoms with van der Waals surface area (Å²) in [5.41, 5.74) is -0.823. The number of nitrogens with one attached hydrogen (secondary N) is 2. The third kappa shape index (κ3) is 3.19. The van der Waals surface area contributed by atoms with Crippen molar-refractivity contribution in [2.45, 2.75) is 41.1 Å². The van der Waals surface area contributed by atoms with Crippen LogP contribution in [0.3, 0.4) is 0 Å².